The van der Waals surface area contributed by atoms with Gasteiger partial charge in [0.2, 0.25) is 0 Å². The van der Waals surface area contributed by atoms with Crippen molar-refractivity contribution < 1.29 is 10.0 Å². The van der Waals surface area contributed by atoms with Gasteiger partial charge in [0.25, 0.3) is 5.91 Å². The molecule has 1 aromatic carbocycles. The van der Waals surface area contributed by atoms with Crippen LogP contribution in [0.15, 0.2) is 42.6 Å². The summed E-state index contributed by atoms with van der Waals surface area (Å²) in [6, 6.07) is 7.51. The van der Waals surface area contributed by atoms with E-state index in [9.17, 15) is 10.0 Å². The second-order valence-electron chi connectivity index (χ2n) is 4.49. The average molecular weight is 238 g/mol. The van der Waals surface area contributed by atoms with Gasteiger partial charge in [-0.1, -0.05) is 18.2 Å². The van der Waals surface area contributed by atoms with E-state index in [1.807, 2.05) is 30.3 Å². The van der Waals surface area contributed by atoms with E-state index in [1.54, 1.807) is 16.8 Å². The molecule has 0 fully saturated rings. The molecule has 1 aromatic heterocycles. The number of allylic oxidation sites excluding steroid dienone is 1. The summed E-state index contributed by atoms with van der Waals surface area (Å²) in [5.41, 5.74) is 2.74. The highest BCUT2D eigenvalue weighted by Crippen LogP contribution is 2.39. The van der Waals surface area contributed by atoms with Gasteiger partial charge in [0.1, 0.15) is 6.04 Å². The maximum Gasteiger partial charge on any atom is 0.255 e. The first-order chi connectivity index (χ1) is 8.77. The van der Waals surface area contributed by atoms with Crippen molar-refractivity contribution in [3.05, 3.63) is 53.9 Å². The molecule has 1 unspecified atom stereocenters. The minimum absolute atomic E-state index is 0.0626. The predicted molar refractivity (Wildman–Crippen MR) is 67.1 cm³/mol. The molecular weight excluding hydrogens is 228 g/mol. The molecule has 0 saturated carbocycles. The van der Waals surface area contributed by atoms with Crippen LogP contribution in [-0.4, -0.2) is 20.7 Å². The Balaban J connectivity index is 2.20. The minimum Gasteiger partial charge on any atom is -0.288 e. The van der Waals surface area contributed by atoms with E-state index in [1.165, 1.54) is 6.08 Å². The van der Waals surface area contributed by atoms with Crippen LogP contribution in [0.3, 0.4) is 0 Å². The molecule has 3 heterocycles. The van der Waals surface area contributed by atoms with Crippen molar-refractivity contribution in [2.45, 2.75) is 6.04 Å². The lowest BCUT2D eigenvalue weighted by Crippen LogP contribution is -2.28. The van der Waals surface area contributed by atoms with Crippen LogP contribution >= 0.6 is 0 Å². The lowest BCUT2D eigenvalue weighted by molar-refractivity contribution is -0.0682. The second-order valence-corrected chi connectivity index (χ2v) is 4.49. The zero-order valence-electron chi connectivity index (χ0n) is 9.45. The lowest BCUT2D eigenvalue weighted by Gasteiger charge is -2.29. The number of carbonyl (C=O) groups excluding carboxylic acids is 1. The number of hydrogen-bond donors (Lipinski definition) is 1. The Morgan fingerprint density at radius 3 is 2.89 bits per heavy atom. The normalized spacial score (nSPS) is 20.6. The molecule has 0 saturated heterocycles. The van der Waals surface area contributed by atoms with Gasteiger partial charge in [-0.3, -0.25) is 19.6 Å². The molecule has 4 rings (SSSR count). The smallest absolute Gasteiger partial charge is 0.255 e. The van der Waals surface area contributed by atoms with Crippen LogP contribution < -0.4 is 0 Å². The van der Waals surface area contributed by atoms with Gasteiger partial charge < -0.3 is 0 Å². The first kappa shape index (κ1) is 9.67. The van der Waals surface area contributed by atoms with Gasteiger partial charge in [0, 0.05) is 23.2 Å². The quantitative estimate of drug-likeness (QED) is 0.767. The van der Waals surface area contributed by atoms with Crippen molar-refractivity contribution in [3.63, 3.8) is 0 Å². The molecule has 1 atom stereocenters. The van der Waals surface area contributed by atoms with Crippen molar-refractivity contribution >= 4 is 22.9 Å². The van der Waals surface area contributed by atoms with Gasteiger partial charge in [0.15, 0.2) is 0 Å². The molecule has 2 aliphatic rings. The third kappa shape index (κ3) is 1.01. The van der Waals surface area contributed by atoms with Crippen molar-refractivity contribution in [1.82, 2.24) is 9.63 Å². The van der Waals surface area contributed by atoms with Gasteiger partial charge in [0.05, 0.1) is 11.2 Å². The molecule has 0 bridgehead atoms. The molecule has 1 N–H and O–H groups in total. The van der Waals surface area contributed by atoms with Crippen LogP contribution in [0.4, 0.5) is 0 Å². The lowest BCUT2D eigenvalue weighted by atomic mass is 10.0. The fourth-order valence-electron chi connectivity index (χ4n) is 2.79. The van der Waals surface area contributed by atoms with E-state index < -0.39 is 0 Å². The number of hydrogen-bond acceptors (Lipinski definition) is 3. The van der Waals surface area contributed by atoms with Gasteiger partial charge in [-0.05, 0) is 18.2 Å². The molecule has 4 nitrogen and oxygen atoms in total. The van der Waals surface area contributed by atoms with Gasteiger partial charge in [-0.15, -0.1) is 0 Å². The van der Waals surface area contributed by atoms with Crippen LogP contribution in [0.25, 0.3) is 17.0 Å². The number of carbonyl (C=O) groups is 1. The number of nitrogens with zero attached hydrogens (tertiary/aromatic N) is 2. The van der Waals surface area contributed by atoms with E-state index in [2.05, 4.69) is 0 Å². The van der Waals surface area contributed by atoms with E-state index in [0.717, 1.165) is 27.2 Å². The summed E-state index contributed by atoms with van der Waals surface area (Å²) in [7, 11) is 0. The van der Waals surface area contributed by atoms with E-state index in [0.29, 0.717) is 0 Å². The van der Waals surface area contributed by atoms with Crippen LogP contribution in [-0.2, 0) is 0 Å². The minimum atomic E-state index is -0.282. The highest BCUT2D eigenvalue weighted by atomic mass is 16.5. The largest absolute Gasteiger partial charge is 0.288 e. The topological polar surface area (TPSA) is 45.5 Å². The molecule has 0 spiro atoms. The standard InChI is InChI=1S/C14H10N2O2/c17-13-6-5-12-14-10(7-8-15(12)18)9-3-1-2-4-11(9)16(13)14/h1-8,12,18H. The van der Waals surface area contributed by atoms with Crippen molar-refractivity contribution in [2.24, 2.45) is 0 Å². The zero-order chi connectivity index (χ0) is 12.3. The maximum atomic E-state index is 12.1. The van der Waals surface area contributed by atoms with E-state index >= 15 is 0 Å². The molecule has 2 aliphatic heterocycles. The fraction of sp³-hybridized carbons (Fsp3) is 0.0714. The average Bonchev–Trinajstić information content (AvgIpc) is 2.72. The summed E-state index contributed by atoms with van der Waals surface area (Å²) in [6.07, 6.45) is 6.71. The van der Waals surface area contributed by atoms with Crippen LogP contribution in [0.2, 0.25) is 0 Å². The summed E-state index contributed by atoms with van der Waals surface area (Å²) in [6.45, 7) is 0. The van der Waals surface area contributed by atoms with Gasteiger partial charge in [-0.2, -0.15) is 0 Å². The SMILES string of the molecule is O=C1C=CC2c3c(c4ccccc4n31)C=CN2O. The Morgan fingerprint density at radius 2 is 2.00 bits per heavy atom. The summed E-state index contributed by atoms with van der Waals surface area (Å²) in [5.74, 6) is -0.0626. The van der Waals surface area contributed by atoms with Crippen LogP contribution in [0.5, 0.6) is 0 Å². The fourth-order valence-corrected chi connectivity index (χ4v) is 2.79. The van der Waals surface area contributed by atoms with Crippen molar-refractivity contribution in [2.75, 3.05) is 0 Å². The first-order valence-corrected chi connectivity index (χ1v) is 5.78. The Labute approximate surface area is 103 Å². The van der Waals surface area contributed by atoms with Crippen LogP contribution in [0.1, 0.15) is 22.1 Å². The monoisotopic (exact) mass is 238 g/mol. The molecule has 0 amide bonds. The third-order valence-electron chi connectivity index (χ3n) is 3.55. The summed E-state index contributed by atoms with van der Waals surface area (Å²) < 4.78 is 1.68. The number of hydroxylamine groups is 2. The van der Waals surface area contributed by atoms with E-state index in [4.69, 9.17) is 0 Å². The van der Waals surface area contributed by atoms with Gasteiger partial charge in [-0.25, -0.2) is 0 Å². The van der Waals surface area contributed by atoms with Crippen molar-refractivity contribution in [1.29, 1.82) is 0 Å². The van der Waals surface area contributed by atoms with Crippen LogP contribution in [0, 0.1) is 0 Å². The van der Waals surface area contributed by atoms with E-state index in [-0.39, 0.29) is 11.9 Å². The highest BCUT2D eigenvalue weighted by molar-refractivity contribution is 6.04. The Kier molecular flexibility index (Phi) is 1.67. The zero-order valence-corrected chi connectivity index (χ0v) is 9.45. The van der Waals surface area contributed by atoms with Crippen molar-refractivity contribution in [3.8, 4) is 0 Å². The number of benzene rings is 1. The Bertz CT molecular complexity index is 740. The molecule has 0 aliphatic carbocycles. The maximum absolute atomic E-state index is 12.1. The molecular formula is C14H10N2O2. The summed E-state index contributed by atoms with van der Waals surface area (Å²) in [4.78, 5) is 12.1. The number of fused-ring (bicyclic) bond motifs is 3. The summed E-state index contributed by atoms with van der Waals surface area (Å²) >= 11 is 0. The van der Waals surface area contributed by atoms with Gasteiger partial charge >= 0.3 is 0 Å². The number of rotatable bonds is 0. The highest BCUT2D eigenvalue weighted by Gasteiger charge is 2.31. The molecule has 0 radical (unpaired) electrons. The predicted octanol–water partition coefficient (Wildman–Crippen LogP) is 2.57. The third-order valence-corrected chi connectivity index (χ3v) is 3.55. The molecule has 18 heavy (non-hydrogen) atoms. The Hall–Kier alpha value is -2.33. The molecule has 88 valence electrons. The second kappa shape index (κ2) is 3.11. The molecule has 4 heteroatoms. The Morgan fingerprint density at radius 1 is 1.17 bits per heavy atom. The number of aromatic nitrogens is 1. The number of para-hydroxylation sites is 1. The summed E-state index contributed by atoms with van der Waals surface area (Å²) in [5, 5.41) is 12.0. The molecule has 2 aromatic rings. The first-order valence-electron chi connectivity index (χ1n) is 5.78.